The summed E-state index contributed by atoms with van der Waals surface area (Å²) in [5, 5.41) is 3.80. The number of para-hydroxylation sites is 1. The Morgan fingerprint density at radius 1 is 1.00 bits per heavy atom. The quantitative estimate of drug-likeness (QED) is 0.277. The molecule has 0 saturated carbocycles. The van der Waals surface area contributed by atoms with E-state index in [1.807, 2.05) is 36.6 Å². The molecule has 0 bridgehead atoms. The maximum absolute atomic E-state index is 13.4. The lowest BCUT2D eigenvalue weighted by molar-refractivity contribution is -0.113. The van der Waals surface area contributed by atoms with E-state index >= 15 is 0 Å². The van der Waals surface area contributed by atoms with E-state index in [9.17, 15) is 9.59 Å². The van der Waals surface area contributed by atoms with E-state index in [2.05, 4.69) is 10.3 Å². The van der Waals surface area contributed by atoms with E-state index in [1.54, 1.807) is 55.3 Å². The minimum Gasteiger partial charge on any atom is -0.493 e. The number of fused-ring (bicyclic) bond motifs is 1. The minimum atomic E-state index is -0.228. The highest BCUT2D eigenvalue weighted by Gasteiger charge is 2.16. The zero-order chi connectivity index (χ0) is 24.1. The molecule has 1 N–H and O–H groups in total. The summed E-state index contributed by atoms with van der Waals surface area (Å²) in [6, 6.07) is 20.0. The highest BCUT2D eigenvalue weighted by molar-refractivity contribution is 7.99. The summed E-state index contributed by atoms with van der Waals surface area (Å²) in [6.45, 7) is 0. The summed E-state index contributed by atoms with van der Waals surface area (Å²) < 4.78 is 12.2. The smallest absolute Gasteiger partial charge is 0.266 e. The SMILES string of the molecule is COc1ccc(-n2c(SCC(=O)Nc3cccc(SC)c3)nc3ccccc3c2=O)cc1OC. The van der Waals surface area contributed by atoms with Gasteiger partial charge in [0.1, 0.15) is 0 Å². The number of ether oxygens (including phenoxy) is 2. The number of nitrogens with one attached hydrogen (secondary N) is 1. The Kier molecular flexibility index (Phi) is 7.44. The largest absolute Gasteiger partial charge is 0.493 e. The topological polar surface area (TPSA) is 82.5 Å². The van der Waals surface area contributed by atoms with Gasteiger partial charge in [-0.05, 0) is 48.7 Å². The third-order valence-electron chi connectivity index (χ3n) is 5.06. The molecular weight excluding hydrogens is 470 g/mol. The molecule has 0 saturated heterocycles. The molecule has 4 rings (SSSR count). The molecule has 174 valence electrons. The van der Waals surface area contributed by atoms with Gasteiger partial charge in [0.2, 0.25) is 5.91 Å². The molecule has 0 aliphatic carbocycles. The third-order valence-corrected chi connectivity index (χ3v) is 6.72. The van der Waals surface area contributed by atoms with Crippen LogP contribution in [0.25, 0.3) is 16.6 Å². The second kappa shape index (κ2) is 10.7. The van der Waals surface area contributed by atoms with E-state index in [0.717, 1.165) is 10.6 Å². The van der Waals surface area contributed by atoms with Gasteiger partial charge in [-0.25, -0.2) is 4.98 Å². The summed E-state index contributed by atoms with van der Waals surface area (Å²) in [6.07, 6.45) is 1.98. The molecule has 0 aliphatic rings. The lowest BCUT2D eigenvalue weighted by Gasteiger charge is -2.15. The normalized spacial score (nSPS) is 10.8. The van der Waals surface area contributed by atoms with Crippen molar-refractivity contribution in [2.75, 3.05) is 31.5 Å². The minimum absolute atomic E-state index is 0.0849. The number of methoxy groups -OCH3 is 2. The number of aromatic nitrogens is 2. The Balaban J connectivity index is 1.69. The zero-order valence-corrected chi connectivity index (χ0v) is 20.5. The second-order valence-corrected chi connectivity index (χ2v) is 8.98. The molecule has 4 aromatic rings. The molecule has 0 fully saturated rings. The van der Waals surface area contributed by atoms with Gasteiger partial charge >= 0.3 is 0 Å². The Labute approximate surface area is 205 Å². The molecule has 1 aromatic heterocycles. The maximum atomic E-state index is 13.4. The van der Waals surface area contributed by atoms with Crippen LogP contribution in [0.4, 0.5) is 5.69 Å². The molecule has 0 spiro atoms. The predicted octanol–water partition coefficient (Wildman–Crippen LogP) is 4.86. The molecule has 0 aliphatic heterocycles. The number of carbonyl (C=O) groups is 1. The van der Waals surface area contributed by atoms with Crippen LogP contribution in [0.3, 0.4) is 0 Å². The first kappa shape index (κ1) is 23.7. The summed E-state index contributed by atoms with van der Waals surface area (Å²) in [5.74, 6) is 0.933. The monoisotopic (exact) mass is 493 g/mol. The number of amides is 1. The van der Waals surface area contributed by atoms with Crippen molar-refractivity contribution in [2.45, 2.75) is 10.1 Å². The third kappa shape index (κ3) is 5.05. The predicted molar refractivity (Wildman–Crippen MR) is 138 cm³/mol. The van der Waals surface area contributed by atoms with Crippen molar-refractivity contribution in [1.82, 2.24) is 9.55 Å². The number of carbonyl (C=O) groups excluding carboxylic acids is 1. The Morgan fingerprint density at radius 2 is 1.79 bits per heavy atom. The Bertz CT molecular complexity index is 1400. The van der Waals surface area contributed by atoms with Gasteiger partial charge in [-0.3, -0.25) is 14.2 Å². The van der Waals surface area contributed by atoms with Gasteiger partial charge in [0.25, 0.3) is 5.56 Å². The van der Waals surface area contributed by atoms with E-state index in [-0.39, 0.29) is 17.2 Å². The van der Waals surface area contributed by atoms with Crippen LogP contribution in [0.2, 0.25) is 0 Å². The van der Waals surface area contributed by atoms with Crippen molar-refractivity contribution < 1.29 is 14.3 Å². The van der Waals surface area contributed by atoms with Crippen molar-refractivity contribution in [3.8, 4) is 17.2 Å². The molecular formula is C25H23N3O4S2. The summed E-state index contributed by atoms with van der Waals surface area (Å²) >= 11 is 2.80. The first-order valence-electron chi connectivity index (χ1n) is 10.3. The van der Waals surface area contributed by atoms with Crippen molar-refractivity contribution >= 4 is 46.0 Å². The van der Waals surface area contributed by atoms with E-state index in [0.29, 0.717) is 33.2 Å². The average molecular weight is 494 g/mol. The van der Waals surface area contributed by atoms with Gasteiger partial charge in [0.15, 0.2) is 16.7 Å². The van der Waals surface area contributed by atoms with Crippen LogP contribution in [0.1, 0.15) is 0 Å². The fourth-order valence-electron chi connectivity index (χ4n) is 3.43. The summed E-state index contributed by atoms with van der Waals surface area (Å²) in [5.41, 5.74) is 1.63. The Morgan fingerprint density at radius 3 is 2.56 bits per heavy atom. The molecule has 1 heterocycles. The lowest BCUT2D eigenvalue weighted by atomic mass is 10.2. The molecule has 9 heteroatoms. The van der Waals surface area contributed by atoms with Crippen molar-refractivity contribution in [3.63, 3.8) is 0 Å². The van der Waals surface area contributed by atoms with Crippen LogP contribution < -0.4 is 20.3 Å². The van der Waals surface area contributed by atoms with Gasteiger partial charge in [-0.2, -0.15) is 0 Å². The van der Waals surface area contributed by atoms with Crippen molar-refractivity contribution in [1.29, 1.82) is 0 Å². The molecule has 0 atom stereocenters. The summed E-state index contributed by atoms with van der Waals surface area (Å²) in [4.78, 5) is 31.9. The zero-order valence-electron chi connectivity index (χ0n) is 18.9. The van der Waals surface area contributed by atoms with Crippen molar-refractivity contribution in [2.24, 2.45) is 0 Å². The molecule has 3 aromatic carbocycles. The lowest BCUT2D eigenvalue weighted by Crippen LogP contribution is -2.23. The van der Waals surface area contributed by atoms with Crippen LogP contribution in [-0.4, -0.2) is 41.7 Å². The van der Waals surface area contributed by atoms with Crippen LogP contribution in [0, 0.1) is 0 Å². The first-order valence-corrected chi connectivity index (χ1v) is 12.6. The molecule has 34 heavy (non-hydrogen) atoms. The maximum Gasteiger partial charge on any atom is 0.266 e. The van der Waals surface area contributed by atoms with E-state index in [1.165, 1.54) is 23.4 Å². The van der Waals surface area contributed by atoms with Crippen LogP contribution >= 0.6 is 23.5 Å². The molecule has 1 amide bonds. The van der Waals surface area contributed by atoms with Gasteiger partial charge in [0.05, 0.1) is 36.6 Å². The first-order chi connectivity index (χ1) is 16.5. The van der Waals surface area contributed by atoms with E-state index < -0.39 is 0 Å². The number of thioether (sulfide) groups is 2. The number of hydrogen-bond acceptors (Lipinski definition) is 7. The van der Waals surface area contributed by atoms with Gasteiger partial charge < -0.3 is 14.8 Å². The number of anilines is 1. The number of rotatable bonds is 8. The van der Waals surface area contributed by atoms with E-state index in [4.69, 9.17) is 9.47 Å². The van der Waals surface area contributed by atoms with Gasteiger partial charge in [-0.1, -0.05) is 30.0 Å². The molecule has 0 radical (unpaired) electrons. The van der Waals surface area contributed by atoms with Crippen LogP contribution in [0.5, 0.6) is 11.5 Å². The summed E-state index contributed by atoms with van der Waals surface area (Å²) in [7, 11) is 3.09. The molecule has 7 nitrogen and oxygen atoms in total. The standard InChI is InChI=1S/C25H23N3O4S2/c1-31-21-12-11-17(14-22(21)32-2)28-24(30)19-9-4-5-10-20(19)27-25(28)34-15-23(29)26-16-7-6-8-18(13-16)33-3/h4-14H,15H2,1-3H3,(H,26,29). The number of benzene rings is 3. The molecule has 0 unspecified atom stereocenters. The van der Waals surface area contributed by atoms with Crippen LogP contribution in [-0.2, 0) is 4.79 Å². The van der Waals surface area contributed by atoms with Gasteiger partial charge in [0, 0.05) is 16.6 Å². The number of nitrogens with zero attached hydrogens (tertiary/aromatic N) is 2. The van der Waals surface area contributed by atoms with Crippen molar-refractivity contribution in [3.05, 3.63) is 77.1 Å². The number of hydrogen-bond donors (Lipinski definition) is 1. The van der Waals surface area contributed by atoms with Gasteiger partial charge in [-0.15, -0.1) is 11.8 Å². The fraction of sp³-hybridized carbons (Fsp3) is 0.160. The second-order valence-electron chi connectivity index (χ2n) is 7.16. The highest BCUT2D eigenvalue weighted by Crippen LogP contribution is 2.30. The van der Waals surface area contributed by atoms with Crippen LogP contribution in [0.15, 0.2) is 81.6 Å². The Hall–Kier alpha value is -3.43. The highest BCUT2D eigenvalue weighted by atomic mass is 32.2. The average Bonchev–Trinajstić information content (AvgIpc) is 2.87. The fourth-order valence-corrected chi connectivity index (χ4v) is 4.70.